The molecule has 1 aromatic carbocycles. The van der Waals surface area contributed by atoms with Crippen LogP contribution in [0.1, 0.15) is 30.2 Å². The van der Waals surface area contributed by atoms with Crippen LogP contribution in [-0.4, -0.2) is 25.5 Å². The van der Waals surface area contributed by atoms with Crippen LogP contribution in [0.4, 0.5) is 0 Å². The first kappa shape index (κ1) is 17.0. The Morgan fingerprint density at radius 1 is 1.15 bits per heavy atom. The first-order valence-corrected chi connectivity index (χ1v) is 8.72. The summed E-state index contributed by atoms with van der Waals surface area (Å²) in [5.41, 5.74) is 2.26. The Morgan fingerprint density at radius 3 is 2.74 bits per heavy atom. The summed E-state index contributed by atoms with van der Waals surface area (Å²) in [6.07, 6.45) is 2.02. The molecule has 0 fully saturated rings. The minimum absolute atomic E-state index is 0.142. The molecule has 0 unspecified atom stereocenters. The summed E-state index contributed by atoms with van der Waals surface area (Å²) in [5, 5.41) is 11.3. The lowest BCUT2D eigenvalue weighted by Gasteiger charge is -2.11. The van der Waals surface area contributed by atoms with E-state index in [2.05, 4.69) is 20.5 Å². The Hall–Kier alpha value is -3.48. The van der Waals surface area contributed by atoms with Gasteiger partial charge in [-0.25, -0.2) is 4.98 Å². The fraction of sp³-hybridized carbons (Fsp3) is 0.200. The molecule has 1 amide bonds. The average Bonchev–Trinajstić information content (AvgIpc) is 3.26. The molecule has 4 aromatic rings. The maximum atomic E-state index is 12.5. The summed E-state index contributed by atoms with van der Waals surface area (Å²) in [7, 11) is 0. The van der Waals surface area contributed by atoms with E-state index in [1.807, 2.05) is 73.0 Å². The number of hydrogen-bond acceptors (Lipinski definition) is 5. The SMILES string of the molecule is Cc1oc(-c2ccccc2)nc1CC(=O)N[C@H](C)c1nnc2ccccn12. The van der Waals surface area contributed by atoms with Crippen molar-refractivity contribution in [1.29, 1.82) is 0 Å². The number of amides is 1. The largest absolute Gasteiger partial charge is 0.441 e. The predicted octanol–water partition coefficient (Wildman–Crippen LogP) is 3.11. The Labute approximate surface area is 156 Å². The second kappa shape index (κ2) is 7.03. The summed E-state index contributed by atoms with van der Waals surface area (Å²) in [5.74, 6) is 1.70. The van der Waals surface area contributed by atoms with Gasteiger partial charge in [-0.3, -0.25) is 9.20 Å². The van der Waals surface area contributed by atoms with Crippen LogP contribution in [0.25, 0.3) is 17.1 Å². The molecule has 0 saturated heterocycles. The van der Waals surface area contributed by atoms with E-state index >= 15 is 0 Å². The number of hydrogen-bond donors (Lipinski definition) is 1. The van der Waals surface area contributed by atoms with E-state index in [-0.39, 0.29) is 18.4 Å². The minimum atomic E-state index is -0.282. The average molecular weight is 361 g/mol. The number of carbonyl (C=O) groups is 1. The molecule has 0 aliphatic heterocycles. The molecular weight excluding hydrogens is 342 g/mol. The second-order valence-corrected chi connectivity index (χ2v) is 6.34. The van der Waals surface area contributed by atoms with Gasteiger partial charge in [0, 0.05) is 11.8 Å². The highest BCUT2D eigenvalue weighted by molar-refractivity contribution is 5.78. The molecular formula is C20H19N5O2. The summed E-state index contributed by atoms with van der Waals surface area (Å²) in [4.78, 5) is 17.0. The fourth-order valence-corrected chi connectivity index (χ4v) is 2.96. The van der Waals surface area contributed by atoms with Gasteiger partial charge in [-0.1, -0.05) is 24.3 Å². The van der Waals surface area contributed by atoms with Crippen molar-refractivity contribution in [3.8, 4) is 11.5 Å². The molecule has 0 spiro atoms. The van der Waals surface area contributed by atoms with Gasteiger partial charge in [0.15, 0.2) is 11.5 Å². The van der Waals surface area contributed by atoms with E-state index in [4.69, 9.17) is 4.42 Å². The van der Waals surface area contributed by atoms with Crippen LogP contribution in [-0.2, 0) is 11.2 Å². The number of nitrogens with one attached hydrogen (secondary N) is 1. The third-order valence-electron chi connectivity index (χ3n) is 4.35. The van der Waals surface area contributed by atoms with Crippen LogP contribution in [0.2, 0.25) is 0 Å². The topological polar surface area (TPSA) is 85.3 Å². The quantitative estimate of drug-likeness (QED) is 0.590. The van der Waals surface area contributed by atoms with Gasteiger partial charge < -0.3 is 9.73 Å². The van der Waals surface area contributed by atoms with E-state index in [1.165, 1.54) is 0 Å². The first-order chi connectivity index (χ1) is 13.1. The zero-order chi connectivity index (χ0) is 18.8. The zero-order valence-corrected chi connectivity index (χ0v) is 15.1. The second-order valence-electron chi connectivity index (χ2n) is 6.34. The number of rotatable bonds is 5. The molecule has 0 bridgehead atoms. The third kappa shape index (κ3) is 3.44. The summed E-state index contributed by atoms with van der Waals surface area (Å²) in [6.45, 7) is 3.70. The number of fused-ring (bicyclic) bond motifs is 1. The standard InChI is InChI=1S/C20H19N5O2/c1-13(19-24-23-17-10-6-7-11-25(17)19)21-18(26)12-16-14(2)27-20(22-16)15-8-4-3-5-9-15/h3-11,13H,12H2,1-2H3,(H,21,26)/t13-/m1/s1. The summed E-state index contributed by atoms with van der Waals surface area (Å²) in [6, 6.07) is 15.0. The van der Waals surface area contributed by atoms with Gasteiger partial charge in [0.05, 0.1) is 18.2 Å². The molecule has 0 saturated carbocycles. The van der Waals surface area contributed by atoms with E-state index in [0.29, 0.717) is 23.2 Å². The Bertz CT molecular complexity index is 1080. The van der Waals surface area contributed by atoms with E-state index < -0.39 is 0 Å². The van der Waals surface area contributed by atoms with Crippen LogP contribution in [0.5, 0.6) is 0 Å². The van der Waals surface area contributed by atoms with E-state index in [0.717, 1.165) is 11.2 Å². The van der Waals surface area contributed by atoms with Crippen molar-refractivity contribution in [3.63, 3.8) is 0 Å². The normalized spacial score (nSPS) is 12.2. The van der Waals surface area contributed by atoms with E-state index in [1.54, 1.807) is 0 Å². The molecule has 3 heterocycles. The van der Waals surface area contributed by atoms with E-state index in [9.17, 15) is 4.79 Å². The van der Waals surface area contributed by atoms with Crippen LogP contribution in [0.3, 0.4) is 0 Å². The number of aryl methyl sites for hydroxylation is 1. The highest BCUT2D eigenvalue weighted by Gasteiger charge is 2.19. The van der Waals surface area contributed by atoms with Gasteiger partial charge >= 0.3 is 0 Å². The summed E-state index contributed by atoms with van der Waals surface area (Å²) >= 11 is 0. The highest BCUT2D eigenvalue weighted by Crippen LogP contribution is 2.22. The molecule has 0 radical (unpaired) electrons. The van der Waals surface area contributed by atoms with Crippen molar-refractivity contribution >= 4 is 11.6 Å². The van der Waals surface area contributed by atoms with Gasteiger partial charge in [-0.2, -0.15) is 0 Å². The molecule has 7 nitrogen and oxygen atoms in total. The molecule has 1 atom stereocenters. The minimum Gasteiger partial charge on any atom is -0.441 e. The maximum absolute atomic E-state index is 12.5. The number of pyridine rings is 1. The lowest BCUT2D eigenvalue weighted by molar-refractivity contribution is -0.121. The van der Waals surface area contributed by atoms with Gasteiger partial charge in [0.1, 0.15) is 5.76 Å². The molecule has 7 heteroatoms. The Kier molecular flexibility index (Phi) is 4.42. The molecule has 4 rings (SSSR count). The van der Waals surface area contributed by atoms with Gasteiger partial charge in [-0.15, -0.1) is 10.2 Å². The molecule has 0 aliphatic rings. The van der Waals surface area contributed by atoms with Crippen LogP contribution < -0.4 is 5.32 Å². The fourth-order valence-electron chi connectivity index (χ4n) is 2.96. The van der Waals surface area contributed by atoms with Crippen molar-refractivity contribution in [2.45, 2.75) is 26.3 Å². The maximum Gasteiger partial charge on any atom is 0.226 e. The number of aromatic nitrogens is 4. The smallest absolute Gasteiger partial charge is 0.226 e. The number of oxazole rings is 1. The van der Waals surface area contributed by atoms with Crippen LogP contribution in [0, 0.1) is 6.92 Å². The first-order valence-electron chi connectivity index (χ1n) is 8.72. The molecule has 3 aromatic heterocycles. The monoisotopic (exact) mass is 361 g/mol. The summed E-state index contributed by atoms with van der Waals surface area (Å²) < 4.78 is 7.58. The Balaban J connectivity index is 1.47. The van der Waals surface area contributed by atoms with Crippen molar-refractivity contribution < 1.29 is 9.21 Å². The lowest BCUT2D eigenvalue weighted by atomic mass is 10.2. The zero-order valence-electron chi connectivity index (χ0n) is 15.1. The number of nitrogens with zero attached hydrogens (tertiary/aromatic N) is 4. The third-order valence-corrected chi connectivity index (χ3v) is 4.35. The Morgan fingerprint density at radius 2 is 1.93 bits per heavy atom. The molecule has 27 heavy (non-hydrogen) atoms. The highest BCUT2D eigenvalue weighted by atomic mass is 16.4. The number of benzene rings is 1. The van der Waals surface area contributed by atoms with Crippen molar-refractivity contribution in [2.24, 2.45) is 0 Å². The van der Waals surface area contributed by atoms with Crippen LogP contribution in [0.15, 0.2) is 59.1 Å². The van der Waals surface area contributed by atoms with Crippen molar-refractivity contribution in [3.05, 3.63) is 72.0 Å². The van der Waals surface area contributed by atoms with Gasteiger partial charge in [0.2, 0.25) is 11.8 Å². The lowest BCUT2D eigenvalue weighted by Crippen LogP contribution is -2.29. The molecule has 0 aliphatic carbocycles. The van der Waals surface area contributed by atoms with Crippen molar-refractivity contribution in [2.75, 3.05) is 0 Å². The van der Waals surface area contributed by atoms with Gasteiger partial charge in [0.25, 0.3) is 0 Å². The van der Waals surface area contributed by atoms with Crippen molar-refractivity contribution in [1.82, 2.24) is 24.9 Å². The number of carbonyl (C=O) groups excluding carboxylic acids is 1. The van der Waals surface area contributed by atoms with Crippen LogP contribution >= 0.6 is 0 Å². The van der Waals surface area contributed by atoms with Gasteiger partial charge in [-0.05, 0) is 38.1 Å². The molecule has 1 N–H and O–H groups in total. The molecule has 136 valence electrons. The predicted molar refractivity (Wildman–Crippen MR) is 99.9 cm³/mol.